The number of benzene rings is 1. The second kappa shape index (κ2) is 6.35. The van der Waals surface area contributed by atoms with Gasteiger partial charge in [-0.1, -0.05) is 13.3 Å². The fourth-order valence-electron chi connectivity index (χ4n) is 1.73. The highest BCUT2D eigenvalue weighted by atomic mass is 16.5. The van der Waals surface area contributed by atoms with Crippen LogP contribution in [0.1, 0.15) is 31.4 Å². The number of rotatable bonds is 6. The van der Waals surface area contributed by atoms with Crippen LogP contribution in [0.3, 0.4) is 0 Å². The second-order valence-electron chi connectivity index (χ2n) is 3.62. The lowest BCUT2D eigenvalue weighted by Crippen LogP contribution is -2.28. The molecular weight excluding hydrogens is 204 g/mol. The Balaban J connectivity index is 3.05. The van der Waals surface area contributed by atoms with E-state index in [1.54, 1.807) is 14.2 Å². The van der Waals surface area contributed by atoms with Crippen LogP contribution in [-0.2, 0) is 0 Å². The molecule has 1 aromatic rings. The van der Waals surface area contributed by atoms with Gasteiger partial charge in [0.05, 0.1) is 14.2 Å². The van der Waals surface area contributed by atoms with Crippen LogP contribution in [0.15, 0.2) is 18.2 Å². The molecular formula is C12H20N2O2. The molecule has 0 aliphatic heterocycles. The Morgan fingerprint density at radius 3 is 2.56 bits per heavy atom. The Morgan fingerprint density at radius 2 is 2.06 bits per heavy atom. The van der Waals surface area contributed by atoms with Crippen molar-refractivity contribution in [1.29, 1.82) is 0 Å². The van der Waals surface area contributed by atoms with Gasteiger partial charge in [-0.05, 0) is 24.6 Å². The lowest BCUT2D eigenvalue weighted by atomic mass is 10.0. The zero-order valence-corrected chi connectivity index (χ0v) is 10.1. The van der Waals surface area contributed by atoms with Crippen molar-refractivity contribution < 1.29 is 9.47 Å². The van der Waals surface area contributed by atoms with Crippen LogP contribution in [-0.4, -0.2) is 14.2 Å². The van der Waals surface area contributed by atoms with Gasteiger partial charge in [0.25, 0.3) is 0 Å². The maximum Gasteiger partial charge on any atom is 0.123 e. The predicted molar refractivity (Wildman–Crippen MR) is 64.5 cm³/mol. The fourth-order valence-corrected chi connectivity index (χ4v) is 1.73. The molecule has 16 heavy (non-hydrogen) atoms. The van der Waals surface area contributed by atoms with Gasteiger partial charge in [0.15, 0.2) is 0 Å². The highest BCUT2D eigenvalue weighted by Gasteiger charge is 2.14. The Hall–Kier alpha value is -1.26. The van der Waals surface area contributed by atoms with E-state index in [1.807, 2.05) is 18.2 Å². The summed E-state index contributed by atoms with van der Waals surface area (Å²) in [6, 6.07) is 5.82. The van der Waals surface area contributed by atoms with Crippen LogP contribution in [0.25, 0.3) is 0 Å². The molecule has 0 aliphatic rings. The van der Waals surface area contributed by atoms with E-state index in [0.717, 1.165) is 29.9 Å². The van der Waals surface area contributed by atoms with Crippen LogP contribution in [0, 0.1) is 0 Å². The maximum absolute atomic E-state index is 5.56. The van der Waals surface area contributed by atoms with Gasteiger partial charge >= 0.3 is 0 Å². The smallest absolute Gasteiger partial charge is 0.123 e. The van der Waals surface area contributed by atoms with Crippen molar-refractivity contribution in [2.45, 2.75) is 25.8 Å². The number of hydrogen-bond donors (Lipinski definition) is 2. The van der Waals surface area contributed by atoms with Crippen molar-refractivity contribution in [3.8, 4) is 11.5 Å². The Kier molecular flexibility index (Phi) is 5.08. The van der Waals surface area contributed by atoms with Gasteiger partial charge in [-0.2, -0.15) is 0 Å². The minimum atomic E-state index is 0.0926. The van der Waals surface area contributed by atoms with Crippen molar-refractivity contribution in [2.75, 3.05) is 14.2 Å². The number of ether oxygens (including phenoxy) is 2. The average Bonchev–Trinajstić information content (AvgIpc) is 2.35. The molecule has 3 N–H and O–H groups in total. The first-order valence-electron chi connectivity index (χ1n) is 5.44. The minimum Gasteiger partial charge on any atom is -0.497 e. The molecule has 0 bridgehead atoms. The number of nitrogens with one attached hydrogen (secondary N) is 1. The van der Waals surface area contributed by atoms with Crippen LogP contribution in [0.2, 0.25) is 0 Å². The number of nitrogens with two attached hydrogens (primary N) is 1. The Bertz CT molecular complexity index is 329. The molecule has 0 saturated carbocycles. The third kappa shape index (κ3) is 2.87. The predicted octanol–water partition coefficient (Wildman–Crippen LogP) is 2.01. The molecule has 0 amide bonds. The van der Waals surface area contributed by atoms with E-state index in [1.165, 1.54) is 0 Å². The van der Waals surface area contributed by atoms with Crippen LogP contribution >= 0.6 is 0 Å². The molecule has 4 nitrogen and oxygen atoms in total. The summed E-state index contributed by atoms with van der Waals surface area (Å²) in [6.07, 6.45) is 2.01. The fraction of sp³-hybridized carbons (Fsp3) is 0.500. The average molecular weight is 224 g/mol. The molecule has 0 fully saturated rings. The molecule has 0 aliphatic carbocycles. The van der Waals surface area contributed by atoms with Crippen molar-refractivity contribution in [2.24, 2.45) is 5.84 Å². The molecule has 0 saturated heterocycles. The zero-order valence-electron chi connectivity index (χ0n) is 10.1. The van der Waals surface area contributed by atoms with Crippen molar-refractivity contribution >= 4 is 0 Å². The summed E-state index contributed by atoms with van der Waals surface area (Å²) >= 11 is 0. The number of hydrogen-bond acceptors (Lipinski definition) is 4. The number of methoxy groups -OCH3 is 2. The van der Waals surface area contributed by atoms with Gasteiger partial charge < -0.3 is 9.47 Å². The summed E-state index contributed by atoms with van der Waals surface area (Å²) in [5, 5.41) is 0. The van der Waals surface area contributed by atoms with Crippen LogP contribution in [0.5, 0.6) is 11.5 Å². The van der Waals surface area contributed by atoms with E-state index >= 15 is 0 Å². The number of hydrazine groups is 1. The van der Waals surface area contributed by atoms with Crippen molar-refractivity contribution in [3.05, 3.63) is 23.8 Å². The molecule has 1 atom stereocenters. The molecule has 1 rings (SSSR count). The SMILES string of the molecule is CCCC(NN)c1cc(OC)ccc1OC. The summed E-state index contributed by atoms with van der Waals surface area (Å²) in [5.74, 6) is 7.20. The molecule has 90 valence electrons. The molecule has 0 radical (unpaired) electrons. The third-order valence-electron chi connectivity index (χ3n) is 2.59. The third-order valence-corrected chi connectivity index (χ3v) is 2.59. The summed E-state index contributed by atoms with van der Waals surface area (Å²) in [5.41, 5.74) is 3.84. The Morgan fingerprint density at radius 1 is 1.31 bits per heavy atom. The highest BCUT2D eigenvalue weighted by molar-refractivity contribution is 5.42. The summed E-state index contributed by atoms with van der Waals surface area (Å²) in [4.78, 5) is 0. The van der Waals surface area contributed by atoms with Gasteiger partial charge in [0.1, 0.15) is 11.5 Å². The summed E-state index contributed by atoms with van der Waals surface area (Å²) < 4.78 is 10.5. The molecule has 0 aromatic heterocycles. The van der Waals surface area contributed by atoms with E-state index < -0.39 is 0 Å². The molecule has 4 heteroatoms. The summed E-state index contributed by atoms with van der Waals surface area (Å²) in [6.45, 7) is 2.12. The largest absolute Gasteiger partial charge is 0.497 e. The molecule has 0 spiro atoms. The van der Waals surface area contributed by atoms with Crippen LogP contribution < -0.4 is 20.7 Å². The minimum absolute atomic E-state index is 0.0926. The van der Waals surface area contributed by atoms with Crippen LogP contribution in [0.4, 0.5) is 0 Å². The maximum atomic E-state index is 5.56. The van der Waals surface area contributed by atoms with E-state index in [9.17, 15) is 0 Å². The Labute approximate surface area is 96.7 Å². The quantitative estimate of drug-likeness (QED) is 0.573. The standard InChI is InChI=1S/C12H20N2O2/c1-4-5-11(14-13)10-8-9(15-2)6-7-12(10)16-3/h6-8,11,14H,4-5,13H2,1-3H3. The summed E-state index contributed by atoms with van der Waals surface area (Å²) in [7, 11) is 3.31. The zero-order chi connectivity index (χ0) is 12.0. The second-order valence-corrected chi connectivity index (χ2v) is 3.62. The van der Waals surface area contributed by atoms with Gasteiger partial charge in [-0.25, -0.2) is 0 Å². The molecule has 1 unspecified atom stereocenters. The van der Waals surface area contributed by atoms with E-state index in [2.05, 4.69) is 12.3 Å². The van der Waals surface area contributed by atoms with Gasteiger partial charge in [0, 0.05) is 11.6 Å². The first-order valence-corrected chi connectivity index (χ1v) is 5.44. The molecule has 1 aromatic carbocycles. The normalized spacial score (nSPS) is 12.2. The van der Waals surface area contributed by atoms with E-state index in [0.29, 0.717) is 0 Å². The van der Waals surface area contributed by atoms with E-state index in [-0.39, 0.29) is 6.04 Å². The topological polar surface area (TPSA) is 56.5 Å². The first kappa shape index (κ1) is 12.8. The highest BCUT2D eigenvalue weighted by Crippen LogP contribution is 2.31. The van der Waals surface area contributed by atoms with Crippen molar-refractivity contribution in [3.63, 3.8) is 0 Å². The van der Waals surface area contributed by atoms with Crippen molar-refractivity contribution in [1.82, 2.24) is 5.43 Å². The first-order chi connectivity index (χ1) is 7.76. The lowest BCUT2D eigenvalue weighted by Gasteiger charge is -2.19. The van der Waals surface area contributed by atoms with Gasteiger partial charge in [-0.3, -0.25) is 11.3 Å². The monoisotopic (exact) mass is 224 g/mol. The van der Waals surface area contributed by atoms with E-state index in [4.69, 9.17) is 15.3 Å². The molecule has 0 heterocycles. The van der Waals surface area contributed by atoms with Gasteiger partial charge in [-0.15, -0.1) is 0 Å². The van der Waals surface area contributed by atoms with Gasteiger partial charge in [0.2, 0.25) is 0 Å². The lowest BCUT2D eigenvalue weighted by molar-refractivity contribution is 0.386.